The molecule has 0 N–H and O–H groups in total. The Hall–Kier alpha value is -1.62. The van der Waals surface area contributed by atoms with Gasteiger partial charge in [0, 0.05) is 45.0 Å². The summed E-state index contributed by atoms with van der Waals surface area (Å²) in [6.45, 7) is 8.15. The maximum absolute atomic E-state index is 13.0. The lowest BCUT2D eigenvalue weighted by Gasteiger charge is -2.37. The molecule has 0 aromatic heterocycles. The number of piperazine rings is 1. The molecule has 0 spiro atoms. The maximum Gasteiger partial charge on any atom is 0.236 e. The van der Waals surface area contributed by atoms with Crippen LogP contribution in [0.3, 0.4) is 0 Å². The highest BCUT2D eigenvalue weighted by Crippen LogP contribution is 2.18. The van der Waals surface area contributed by atoms with Gasteiger partial charge in [0.25, 0.3) is 0 Å². The van der Waals surface area contributed by atoms with Crippen LogP contribution in [-0.2, 0) is 4.79 Å². The Bertz CT molecular complexity index is 518. The fraction of sp³-hybridized carbons (Fsp3) is 0.611. The van der Waals surface area contributed by atoms with Crippen molar-refractivity contribution in [3.8, 4) is 0 Å². The molecule has 5 heteroatoms. The molecule has 0 saturated carbocycles. The van der Waals surface area contributed by atoms with Crippen LogP contribution >= 0.6 is 0 Å². The van der Waals surface area contributed by atoms with Crippen LogP contribution in [0.15, 0.2) is 24.3 Å². The van der Waals surface area contributed by atoms with Crippen LogP contribution in [-0.4, -0.2) is 61.5 Å². The Kier molecular flexibility index (Phi) is 5.16. The number of carbonyl (C=O) groups excluding carboxylic acids is 1. The van der Waals surface area contributed by atoms with E-state index in [0.717, 1.165) is 63.7 Å². The summed E-state index contributed by atoms with van der Waals surface area (Å²) in [5, 5.41) is 0. The van der Waals surface area contributed by atoms with Gasteiger partial charge in [-0.1, -0.05) is 6.92 Å². The lowest BCUT2D eigenvalue weighted by atomic mass is 9.99. The minimum Gasteiger partial charge on any atom is -0.369 e. The van der Waals surface area contributed by atoms with Crippen LogP contribution in [0.1, 0.15) is 19.8 Å². The minimum absolute atomic E-state index is 0.200. The van der Waals surface area contributed by atoms with E-state index in [1.807, 2.05) is 17.0 Å². The van der Waals surface area contributed by atoms with Gasteiger partial charge in [-0.05, 0) is 43.0 Å². The molecule has 23 heavy (non-hydrogen) atoms. The lowest BCUT2D eigenvalue weighted by Crippen LogP contribution is -2.51. The van der Waals surface area contributed by atoms with Crippen molar-refractivity contribution >= 4 is 11.6 Å². The van der Waals surface area contributed by atoms with Gasteiger partial charge in [0.05, 0.1) is 6.54 Å². The number of nitrogens with zero attached hydrogens (tertiary/aromatic N) is 3. The largest absolute Gasteiger partial charge is 0.369 e. The number of rotatable bonds is 3. The highest BCUT2D eigenvalue weighted by Gasteiger charge is 2.24. The molecule has 2 fully saturated rings. The van der Waals surface area contributed by atoms with E-state index < -0.39 is 0 Å². The van der Waals surface area contributed by atoms with Crippen molar-refractivity contribution in [1.82, 2.24) is 9.80 Å². The second-order valence-corrected chi connectivity index (χ2v) is 6.80. The van der Waals surface area contributed by atoms with E-state index in [1.165, 1.54) is 12.1 Å². The summed E-state index contributed by atoms with van der Waals surface area (Å²) in [5.74, 6) is 0.819. The van der Waals surface area contributed by atoms with Gasteiger partial charge in [-0.2, -0.15) is 0 Å². The zero-order valence-corrected chi connectivity index (χ0v) is 13.9. The Morgan fingerprint density at radius 1 is 1.04 bits per heavy atom. The first-order chi connectivity index (χ1) is 11.1. The van der Waals surface area contributed by atoms with E-state index in [4.69, 9.17) is 0 Å². The molecule has 0 radical (unpaired) electrons. The van der Waals surface area contributed by atoms with Crippen molar-refractivity contribution in [2.24, 2.45) is 5.92 Å². The van der Waals surface area contributed by atoms with Gasteiger partial charge >= 0.3 is 0 Å². The second kappa shape index (κ2) is 7.30. The molecular formula is C18H26FN3O. The van der Waals surface area contributed by atoms with Crippen LogP contribution in [0.2, 0.25) is 0 Å². The maximum atomic E-state index is 13.0. The standard InChI is InChI=1S/C18H26FN3O/c1-15-6-8-22(9-7-15)18(23)14-20-10-12-21(13-11-20)17-4-2-16(19)3-5-17/h2-5,15H,6-14H2,1H3. The Balaban J connectivity index is 1.45. The topological polar surface area (TPSA) is 26.8 Å². The predicted octanol–water partition coefficient (Wildman–Crippen LogP) is 2.21. The molecule has 0 atom stereocenters. The average molecular weight is 319 g/mol. The number of hydrogen-bond donors (Lipinski definition) is 0. The Morgan fingerprint density at radius 3 is 2.26 bits per heavy atom. The van der Waals surface area contributed by atoms with E-state index in [2.05, 4.69) is 16.7 Å². The third-order valence-corrected chi connectivity index (χ3v) is 5.06. The first-order valence-electron chi connectivity index (χ1n) is 8.62. The summed E-state index contributed by atoms with van der Waals surface area (Å²) in [6.07, 6.45) is 2.26. The Morgan fingerprint density at radius 2 is 1.65 bits per heavy atom. The van der Waals surface area contributed by atoms with Crippen LogP contribution in [0.25, 0.3) is 0 Å². The number of benzene rings is 1. The average Bonchev–Trinajstić information content (AvgIpc) is 2.57. The Labute approximate surface area is 137 Å². The summed E-state index contributed by atoms with van der Waals surface area (Å²) in [7, 11) is 0. The predicted molar refractivity (Wildman–Crippen MR) is 90.0 cm³/mol. The van der Waals surface area contributed by atoms with Crippen molar-refractivity contribution < 1.29 is 9.18 Å². The first kappa shape index (κ1) is 16.2. The quantitative estimate of drug-likeness (QED) is 0.855. The van der Waals surface area contributed by atoms with E-state index in [1.54, 1.807) is 0 Å². The number of piperidine rings is 1. The molecular weight excluding hydrogens is 293 g/mol. The molecule has 0 unspecified atom stereocenters. The van der Waals surface area contributed by atoms with Crippen molar-refractivity contribution in [1.29, 1.82) is 0 Å². The number of likely N-dealkylation sites (tertiary alicyclic amines) is 1. The summed E-state index contributed by atoms with van der Waals surface area (Å²) >= 11 is 0. The first-order valence-corrected chi connectivity index (χ1v) is 8.62. The van der Waals surface area contributed by atoms with Gasteiger partial charge in [0.2, 0.25) is 5.91 Å². The molecule has 0 bridgehead atoms. The molecule has 2 aliphatic rings. The van der Waals surface area contributed by atoms with Crippen LogP contribution in [0.4, 0.5) is 10.1 Å². The summed E-state index contributed by atoms with van der Waals surface area (Å²) in [5.41, 5.74) is 1.06. The van der Waals surface area contributed by atoms with Gasteiger partial charge in [-0.25, -0.2) is 4.39 Å². The van der Waals surface area contributed by atoms with Crippen molar-refractivity contribution in [3.05, 3.63) is 30.1 Å². The molecule has 2 heterocycles. The molecule has 1 aromatic carbocycles. The fourth-order valence-electron chi connectivity index (χ4n) is 3.37. The SMILES string of the molecule is CC1CCN(C(=O)CN2CCN(c3ccc(F)cc3)CC2)CC1. The van der Waals surface area contributed by atoms with Crippen molar-refractivity contribution in [2.75, 3.05) is 50.7 Å². The van der Waals surface area contributed by atoms with Gasteiger partial charge < -0.3 is 9.80 Å². The highest BCUT2D eigenvalue weighted by molar-refractivity contribution is 5.78. The van der Waals surface area contributed by atoms with Crippen LogP contribution in [0, 0.1) is 11.7 Å². The van der Waals surface area contributed by atoms with E-state index in [9.17, 15) is 9.18 Å². The molecule has 3 rings (SSSR count). The summed E-state index contributed by atoms with van der Waals surface area (Å²) in [6, 6.07) is 6.65. The summed E-state index contributed by atoms with van der Waals surface area (Å²) in [4.78, 5) is 18.9. The summed E-state index contributed by atoms with van der Waals surface area (Å²) < 4.78 is 13.0. The normalized spacial score (nSPS) is 20.8. The third-order valence-electron chi connectivity index (χ3n) is 5.06. The zero-order valence-electron chi connectivity index (χ0n) is 13.9. The molecule has 2 saturated heterocycles. The minimum atomic E-state index is -0.200. The third kappa shape index (κ3) is 4.22. The van der Waals surface area contributed by atoms with Gasteiger partial charge in [0.15, 0.2) is 0 Å². The van der Waals surface area contributed by atoms with Gasteiger partial charge in [-0.3, -0.25) is 9.69 Å². The lowest BCUT2D eigenvalue weighted by molar-refractivity contribution is -0.133. The molecule has 0 aliphatic carbocycles. The number of anilines is 1. The zero-order chi connectivity index (χ0) is 16.2. The smallest absolute Gasteiger partial charge is 0.236 e. The van der Waals surface area contributed by atoms with Crippen LogP contribution < -0.4 is 4.90 Å². The van der Waals surface area contributed by atoms with Gasteiger partial charge in [0.1, 0.15) is 5.82 Å². The fourth-order valence-corrected chi connectivity index (χ4v) is 3.37. The molecule has 4 nitrogen and oxygen atoms in total. The molecule has 126 valence electrons. The molecule has 1 aromatic rings. The van der Waals surface area contributed by atoms with E-state index >= 15 is 0 Å². The van der Waals surface area contributed by atoms with Gasteiger partial charge in [-0.15, -0.1) is 0 Å². The number of amides is 1. The van der Waals surface area contributed by atoms with Crippen molar-refractivity contribution in [3.63, 3.8) is 0 Å². The number of hydrogen-bond acceptors (Lipinski definition) is 3. The second-order valence-electron chi connectivity index (χ2n) is 6.80. The van der Waals surface area contributed by atoms with Crippen molar-refractivity contribution in [2.45, 2.75) is 19.8 Å². The monoisotopic (exact) mass is 319 g/mol. The number of halogens is 1. The highest BCUT2D eigenvalue weighted by atomic mass is 19.1. The number of carbonyl (C=O) groups is 1. The van der Waals surface area contributed by atoms with Crippen LogP contribution in [0.5, 0.6) is 0 Å². The molecule has 1 amide bonds. The molecule has 2 aliphatic heterocycles. The van der Waals surface area contributed by atoms with E-state index in [-0.39, 0.29) is 11.7 Å². The van der Waals surface area contributed by atoms with E-state index in [0.29, 0.717) is 6.54 Å².